The minimum absolute atomic E-state index is 0.000127. The number of aryl methyl sites for hydroxylation is 2. The molecule has 3 rings (SSSR count). The van der Waals surface area contributed by atoms with Crippen LogP contribution in [-0.4, -0.2) is 37.1 Å². The molecule has 0 spiro atoms. The molecule has 1 atom stereocenters. The van der Waals surface area contributed by atoms with Crippen LogP contribution in [0.5, 0.6) is 5.75 Å². The number of rotatable bonds is 4. The van der Waals surface area contributed by atoms with E-state index in [1.807, 2.05) is 67.3 Å². The zero-order valence-electron chi connectivity index (χ0n) is 14.2. The number of morpholine rings is 1. The SMILES string of the molecule is Cc1ccc(C)c(OCC(=O)N2CCOC(c3ccccc3)C2)c1. The van der Waals surface area contributed by atoms with Crippen molar-refractivity contribution in [3.63, 3.8) is 0 Å². The lowest BCUT2D eigenvalue weighted by Gasteiger charge is -2.33. The molecular formula is C20H23NO3. The monoisotopic (exact) mass is 325 g/mol. The molecule has 1 heterocycles. The molecule has 0 aromatic heterocycles. The van der Waals surface area contributed by atoms with Gasteiger partial charge in [-0.3, -0.25) is 4.79 Å². The van der Waals surface area contributed by atoms with Crippen molar-refractivity contribution in [2.75, 3.05) is 26.3 Å². The average Bonchev–Trinajstić information content (AvgIpc) is 2.63. The van der Waals surface area contributed by atoms with Gasteiger partial charge < -0.3 is 14.4 Å². The Morgan fingerprint density at radius 3 is 2.79 bits per heavy atom. The van der Waals surface area contributed by atoms with Crippen molar-refractivity contribution in [1.82, 2.24) is 4.90 Å². The lowest BCUT2D eigenvalue weighted by Crippen LogP contribution is -2.44. The normalized spacial score (nSPS) is 17.6. The first-order valence-corrected chi connectivity index (χ1v) is 8.28. The van der Waals surface area contributed by atoms with Crippen molar-refractivity contribution in [2.24, 2.45) is 0 Å². The second-order valence-corrected chi connectivity index (χ2v) is 6.17. The van der Waals surface area contributed by atoms with Crippen LogP contribution in [-0.2, 0) is 9.53 Å². The molecule has 1 aliphatic heterocycles. The highest BCUT2D eigenvalue weighted by molar-refractivity contribution is 5.78. The number of ether oxygens (including phenoxy) is 2. The number of hydrogen-bond donors (Lipinski definition) is 0. The molecule has 126 valence electrons. The molecule has 1 unspecified atom stereocenters. The molecule has 1 aliphatic rings. The summed E-state index contributed by atoms with van der Waals surface area (Å²) in [5, 5.41) is 0. The third kappa shape index (κ3) is 3.95. The number of hydrogen-bond acceptors (Lipinski definition) is 3. The predicted molar refractivity (Wildman–Crippen MR) is 93.1 cm³/mol. The number of benzene rings is 2. The standard InChI is InChI=1S/C20H23NO3/c1-15-8-9-16(2)18(12-15)24-14-20(22)21-10-11-23-19(13-21)17-6-4-3-5-7-17/h3-9,12,19H,10-11,13-14H2,1-2H3. The molecular weight excluding hydrogens is 302 g/mol. The Morgan fingerprint density at radius 1 is 1.21 bits per heavy atom. The van der Waals surface area contributed by atoms with Crippen molar-refractivity contribution in [2.45, 2.75) is 20.0 Å². The Morgan fingerprint density at radius 2 is 2.00 bits per heavy atom. The van der Waals surface area contributed by atoms with Gasteiger partial charge in [-0.15, -0.1) is 0 Å². The molecule has 1 amide bonds. The van der Waals surface area contributed by atoms with Crippen LogP contribution in [0.4, 0.5) is 0 Å². The quantitative estimate of drug-likeness (QED) is 0.866. The van der Waals surface area contributed by atoms with Gasteiger partial charge in [0.25, 0.3) is 5.91 Å². The van der Waals surface area contributed by atoms with Gasteiger partial charge in [0.1, 0.15) is 11.9 Å². The molecule has 0 N–H and O–H groups in total. The van der Waals surface area contributed by atoms with Crippen molar-refractivity contribution in [3.05, 3.63) is 65.2 Å². The largest absolute Gasteiger partial charge is 0.483 e. The Balaban J connectivity index is 1.59. The van der Waals surface area contributed by atoms with E-state index in [0.717, 1.165) is 22.4 Å². The third-order valence-electron chi connectivity index (χ3n) is 4.29. The predicted octanol–water partition coefficient (Wildman–Crippen LogP) is 3.28. The molecule has 2 aromatic rings. The molecule has 4 nitrogen and oxygen atoms in total. The van der Waals surface area contributed by atoms with Crippen LogP contribution in [0.1, 0.15) is 22.8 Å². The summed E-state index contributed by atoms with van der Waals surface area (Å²) >= 11 is 0. The van der Waals surface area contributed by atoms with Gasteiger partial charge in [-0.2, -0.15) is 0 Å². The van der Waals surface area contributed by atoms with Crippen molar-refractivity contribution in [3.8, 4) is 5.75 Å². The molecule has 4 heteroatoms. The highest BCUT2D eigenvalue weighted by Gasteiger charge is 2.25. The van der Waals surface area contributed by atoms with Gasteiger partial charge in [0.05, 0.1) is 13.2 Å². The fourth-order valence-electron chi connectivity index (χ4n) is 2.84. The minimum atomic E-state index is -0.0652. The van der Waals surface area contributed by atoms with E-state index in [4.69, 9.17) is 9.47 Å². The fraction of sp³-hybridized carbons (Fsp3) is 0.350. The van der Waals surface area contributed by atoms with E-state index in [-0.39, 0.29) is 18.6 Å². The first kappa shape index (κ1) is 16.5. The van der Waals surface area contributed by atoms with Crippen LogP contribution < -0.4 is 4.74 Å². The van der Waals surface area contributed by atoms with Gasteiger partial charge >= 0.3 is 0 Å². The van der Waals surface area contributed by atoms with E-state index < -0.39 is 0 Å². The molecule has 1 saturated heterocycles. The number of nitrogens with zero attached hydrogens (tertiary/aromatic N) is 1. The fourth-order valence-corrected chi connectivity index (χ4v) is 2.84. The molecule has 0 aliphatic carbocycles. The van der Waals surface area contributed by atoms with Gasteiger partial charge in [0.15, 0.2) is 6.61 Å². The Bertz CT molecular complexity index is 699. The minimum Gasteiger partial charge on any atom is -0.483 e. The van der Waals surface area contributed by atoms with E-state index in [9.17, 15) is 4.79 Å². The van der Waals surface area contributed by atoms with Crippen molar-refractivity contribution in [1.29, 1.82) is 0 Å². The highest BCUT2D eigenvalue weighted by Crippen LogP contribution is 2.23. The van der Waals surface area contributed by atoms with Crippen LogP contribution in [0.15, 0.2) is 48.5 Å². The number of amides is 1. The number of carbonyl (C=O) groups is 1. The summed E-state index contributed by atoms with van der Waals surface area (Å²) in [4.78, 5) is 14.3. The molecule has 1 fully saturated rings. The summed E-state index contributed by atoms with van der Waals surface area (Å²) in [7, 11) is 0. The van der Waals surface area contributed by atoms with Crippen LogP contribution in [0.25, 0.3) is 0 Å². The van der Waals surface area contributed by atoms with Gasteiger partial charge in [0.2, 0.25) is 0 Å². The lowest BCUT2D eigenvalue weighted by molar-refractivity contribution is -0.141. The first-order valence-electron chi connectivity index (χ1n) is 8.28. The molecule has 0 bridgehead atoms. The maximum absolute atomic E-state index is 12.5. The molecule has 0 radical (unpaired) electrons. The van der Waals surface area contributed by atoms with Crippen LogP contribution >= 0.6 is 0 Å². The summed E-state index contributed by atoms with van der Waals surface area (Å²) in [5.41, 5.74) is 3.27. The summed E-state index contributed by atoms with van der Waals surface area (Å²) in [6.07, 6.45) is -0.0652. The highest BCUT2D eigenvalue weighted by atomic mass is 16.5. The topological polar surface area (TPSA) is 38.8 Å². The zero-order chi connectivity index (χ0) is 16.9. The van der Waals surface area contributed by atoms with E-state index >= 15 is 0 Å². The van der Waals surface area contributed by atoms with E-state index in [0.29, 0.717) is 19.7 Å². The Kier molecular flexibility index (Phi) is 5.16. The van der Waals surface area contributed by atoms with Gasteiger partial charge in [-0.05, 0) is 36.6 Å². The third-order valence-corrected chi connectivity index (χ3v) is 4.29. The van der Waals surface area contributed by atoms with Crippen molar-refractivity contribution < 1.29 is 14.3 Å². The van der Waals surface area contributed by atoms with Crippen LogP contribution in [0.2, 0.25) is 0 Å². The van der Waals surface area contributed by atoms with Gasteiger partial charge in [0, 0.05) is 6.54 Å². The Hall–Kier alpha value is -2.33. The van der Waals surface area contributed by atoms with Crippen molar-refractivity contribution >= 4 is 5.91 Å². The second-order valence-electron chi connectivity index (χ2n) is 6.17. The molecule has 2 aromatic carbocycles. The zero-order valence-corrected chi connectivity index (χ0v) is 14.2. The number of carbonyl (C=O) groups excluding carboxylic acids is 1. The maximum Gasteiger partial charge on any atom is 0.260 e. The van der Waals surface area contributed by atoms with Crippen LogP contribution in [0, 0.1) is 13.8 Å². The summed E-state index contributed by atoms with van der Waals surface area (Å²) in [6, 6.07) is 16.0. The summed E-state index contributed by atoms with van der Waals surface area (Å²) < 4.78 is 11.5. The van der Waals surface area contributed by atoms with Gasteiger partial charge in [-0.1, -0.05) is 42.5 Å². The second kappa shape index (κ2) is 7.49. The first-order chi connectivity index (χ1) is 11.6. The molecule has 0 saturated carbocycles. The summed E-state index contributed by atoms with van der Waals surface area (Å²) in [6.45, 7) is 5.79. The van der Waals surface area contributed by atoms with Gasteiger partial charge in [-0.25, -0.2) is 0 Å². The van der Waals surface area contributed by atoms with E-state index in [1.54, 1.807) is 0 Å². The lowest BCUT2D eigenvalue weighted by atomic mass is 10.1. The smallest absolute Gasteiger partial charge is 0.260 e. The van der Waals surface area contributed by atoms with Crippen LogP contribution in [0.3, 0.4) is 0 Å². The van der Waals surface area contributed by atoms with E-state index in [1.165, 1.54) is 0 Å². The van der Waals surface area contributed by atoms with E-state index in [2.05, 4.69) is 0 Å². The average molecular weight is 325 g/mol. The maximum atomic E-state index is 12.5. The summed E-state index contributed by atoms with van der Waals surface area (Å²) in [5.74, 6) is 0.774. The Labute approximate surface area is 143 Å². The molecule has 24 heavy (non-hydrogen) atoms.